The van der Waals surface area contributed by atoms with Crippen molar-refractivity contribution >= 4 is 0 Å². The molecule has 2 heterocycles. The Bertz CT molecular complexity index is 394. The number of rotatable bonds is 6. The molecular formula is C14H25N3O2. The zero-order chi connectivity index (χ0) is 13.8. The lowest BCUT2D eigenvalue weighted by Crippen LogP contribution is -2.15. The fourth-order valence-electron chi connectivity index (χ4n) is 2.74. The molecular weight excluding hydrogens is 242 g/mol. The molecule has 0 bridgehead atoms. The summed E-state index contributed by atoms with van der Waals surface area (Å²) in [6.07, 6.45) is 2.27. The van der Waals surface area contributed by atoms with Crippen LogP contribution >= 0.6 is 0 Å². The molecule has 4 unspecified atom stereocenters. The van der Waals surface area contributed by atoms with E-state index in [4.69, 9.17) is 9.15 Å². The normalized spacial score (nSPS) is 30.9. The van der Waals surface area contributed by atoms with E-state index in [1.165, 1.54) is 0 Å². The number of ether oxygens (including phenoxy) is 1. The lowest BCUT2D eigenvalue weighted by atomic mass is 9.89. The van der Waals surface area contributed by atoms with Crippen LogP contribution in [-0.2, 0) is 11.2 Å². The predicted octanol–water partition coefficient (Wildman–Crippen LogP) is 2.14. The molecule has 0 aromatic carbocycles. The molecule has 0 aliphatic carbocycles. The lowest BCUT2D eigenvalue weighted by molar-refractivity contribution is 0.0544. The van der Waals surface area contributed by atoms with Gasteiger partial charge < -0.3 is 14.5 Å². The summed E-state index contributed by atoms with van der Waals surface area (Å²) in [6.45, 7) is 10.5. The van der Waals surface area contributed by atoms with Crippen molar-refractivity contribution in [1.82, 2.24) is 15.5 Å². The number of nitrogens with one attached hydrogen (secondary N) is 1. The molecule has 5 heteroatoms. The predicted molar refractivity (Wildman–Crippen MR) is 73.1 cm³/mol. The highest BCUT2D eigenvalue weighted by Crippen LogP contribution is 2.39. The van der Waals surface area contributed by atoms with Gasteiger partial charge in [0.25, 0.3) is 0 Å². The van der Waals surface area contributed by atoms with Gasteiger partial charge in [-0.05, 0) is 39.3 Å². The maximum atomic E-state index is 5.82. The van der Waals surface area contributed by atoms with Crippen molar-refractivity contribution in [2.75, 3.05) is 13.1 Å². The van der Waals surface area contributed by atoms with Crippen molar-refractivity contribution < 1.29 is 9.15 Å². The molecule has 0 amide bonds. The molecule has 1 saturated heterocycles. The number of hydrogen-bond donors (Lipinski definition) is 1. The number of nitrogens with zero attached hydrogens (tertiary/aromatic N) is 2. The number of aryl methyl sites for hydroxylation is 1. The fourth-order valence-corrected chi connectivity index (χ4v) is 2.74. The molecule has 1 aromatic heterocycles. The first-order valence-corrected chi connectivity index (χ1v) is 7.32. The Morgan fingerprint density at radius 2 is 1.95 bits per heavy atom. The number of hydrogen-bond acceptors (Lipinski definition) is 5. The monoisotopic (exact) mass is 267 g/mol. The van der Waals surface area contributed by atoms with Gasteiger partial charge in [0.05, 0.1) is 18.1 Å². The summed E-state index contributed by atoms with van der Waals surface area (Å²) in [7, 11) is 0. The molecule has 108 valence electrons. The summed E-state index contributed by atoms with van der Waals surface area (Å²) in [5.74, 6) is 2.13. The Labute approximate surface area is 115 Å². The maximum Gasteiger partial charge on any atom is 0.222 e. The average molecular weight is 267 g/mol. The van der Waals surface area contributed by atoms with E-state index < -0.39 is 0 Å². The van der Waals surface area contributed by atoms with Crippen LogP contribution in [0.4, 0.5) is 0 Å². The largest absolute Gasteiger partial charge is 0.425 e. The summed E-state index contributed by atoms with van der Waals surface area (Å²) in [5, 5.41) is 11.7. The summed E-state index contributed by atoms with van der Waals surface area (Å²) in [6, 6.07) is 0. The van der Waals surface area contributed by atoms with Crippen molar-refractivity contribution in [1.29, 1.82) is 0 Å². The van der Waals surface area contributed by atoms with E-state index in [-0.39, 0.29) is 18.1 Å². The van der Waals surface area contributed by atoms with Crippen molar-refractivity contribution in [2.24, 2.45) is 5.92 Å². The second kappa shape index (κ2) is 6.48. The minimum atomic E-state index is 0.153. The van der Waals surface area contributed by atoms with Crippen LogP contribution in [-0.4, -0.2) is 35.5 Å². The summed E-state index contributed by atoms with van der Waals surface area (Å²) < 4.78 is 11.6. The second-order valence-electron chi connectivity index (χ2n) is 5.42. The zero-order valence-electron chi connectivity index (χ0n) is 12.3. The van der Waals surface area contributed by atoms with Gasteiger partial charge >= 0.3 is 0 Å². The maximum absolute atomic E-state index is 5.82. The van der Waals surface area contributed by atoms with Crippen molar-refractivity contribution in [3.05, 3.63) is 11.8 Å². The summed E-state index contributed by atoms with van der Waals surface area (Å²) in [4.78, 5) is 0. The van der Waals surface area contributed by atoms with Crippen LogP contribution in [0.1, 0.15) is 51.8 Å². The van der Waals surface area contributed by atoms with Gasteiger partial charge in [-0.3, -0.25) is 0 Å². The van der Waals surface area contributed by atoms with E-state index in [2.05, 4.69) is 43.2 Å². The van der Waals surface area contributed by atoms with Gasteiger partial charge in [0.2, 0.25) is 11.8 Å². The zero-order valence-corrected chi connectivity index (χ0v) is 12.3. The third kappa shape index (κ3) is 3.34. The molecule has 5 nitrogen and oxygen atoms in total. The Kier molecular flexibility index (Phi) is 4.93. The molecule has 19 heavy (non-hydrogen) atoms. The van der Waals surface area contributed by atoms with Gasteiger partial charge in [0.15, 0.2) is 0 Å². The van der Waals surface area contributed by atoms with Crippen LogP contribution in [0.2, 0.25) is 0 Å². The first-order chi connectivity index (χ1) is 9.13. The van der Waals surface area contributed by atoms with Crippen LogP contribution in [0, 0.1) is 5.92 Å². The Morgan fingerprint density at radius 1 is 1.16 bits per heavy atom. The van der Waals surface area contributed by atoms with E-state index >= 15 is 0 Å². The Hall–Kier alpha value is -0.940. The van der Waals surface area contributed by atoms with E-state index in [0.29, 0.717) is 5.92 Å². The minimum absolute atomic E-state index is 0.153. The van der Waals surface area contributed by atoms with Gasteiger partial charge in [0, 0.05) is 6.42 Å². The van der Waals surface area contributed by atoms with Crippen LogP contribution < -0.4 is 5.32 Å². The van der Waals surface area contributed by atoms with E-state index in [1.807, 2.05) is 0 Å². The van der Waals surface area contributed by atoms with E-state index in [0.717, 1.165) is 37.7 Å². The molecule has 1 fully saturated rings. The SMILES string of the molecule is CCNCCCc1nnc(C2C(C)OC(C)C2C)o1. The quantitative estimate of drug-likeness (QED) is 0.800. The van der Waals surface area contributed by atoms with E-state index in [1.54, 1.807) is 0 Å². The molecule has 1 aliphatic rings. The third-order valence-electron chi connectivity index (χ3n) is 4.00. The molecule has 0 saturated carbocycles. The smallest absolute Gasteiger partial charge is 0.222 e. The number of aromatic nitrogens is 2. The first kappa shape index (κ1) is 14.5. The molecule has 4 atom stereocenters. The average Bonchev–Trinajstić information content (AvgIpc) is 2.91. The molecule has 1 N–H and O–H groups in total. The molecule has 1 aliphatic heterocycles. The minimum Gasteiger partial charge on any atom is -0.425 e. The second-order valence-corrected chi connectivity index (χ2v) is 5.42. The van der Waals surface area contributed by atoms with Crippen LogP contribution in [0.5, 0.6) is 0 Å². The summed E-state index contributed by atoms with van der Waals surface area (Å²) >= 11 is 0. The topological polar surface area (TPSA) is 60.2 Å². The molecule has 1 aromatic rings. The van der Waals surface area contributed by atoms with Gasteiger partial charge in [-0.25, -0.2) is 0 Å². The van der Waals surface area contributed by atoms with Crippen molar-refractivity contribution in [3.8, 4) is 0 Å². The lowest BCUT2D eigenvalue weighted by Gasteiger charge is -2.13. The molecule has 0 radical (unpaired) electrons. The van der Waals surface area contributed by atoms with Crippen LogP contribution in [0.15, 0.2) is 4.42 Å². The van der Waals surface area contributed by atoms with E-state index in [9.17, 15) is 0 Å². The Balaban J connectivity index is 1.93. The van der Waals surface area contributed by atoms with Gasteiger partial charge in [0.1, 0.15) is 0 Å². The standard InChI is InChI=1S/C14H25N3O2/c1-5-15-8-6-7-12-16-17-14(19-12)13-9(2)10(3)18-11(13)4/h9-11,13,15H,5-8H2,1-4H3. The molecule has 2 rings (SSSR count). The Morgan fingerprint density at radius 3 is 2.58 bits per heavy atom. The molecule has 0 spiro atoms. The fraction of sp³-hybridized carbons (Fsp3) is 0.857. The van der Waals surface area contributed by atoms with Crippen LogP contribution in [0.25, 0.3) is 0 Å². The van der Waals surface area contributed by atoms with Gasteiger partial charge in [-0.1, -0.05) is 13.8 Å². The van der Waals surface area contributed by atoms with Crippen LogP contribution in [0.3, 0.4) is 0 Å². The highest BCUT2D eigenvalue weighted by molar-refractivity contribution is 5.02. The highest BCUT2D eigenvalue weighted by atomic mass is 16.5. The highest BCUT2D eigenvalue weighted by Gasteiger charge is 2.41. The first-order valence-electron chi connectivity index (χ1n) is 7.32. The van der Waals surface area contributed by atoms with Gasteiger partial charge in [-0.2, -0.15) is 0 Å². The summed E-state index contributed by atoms with van der Waals surface area (Å²) in [5.41, 5.74) is 0. The van der Waals surface area contributed by atoms with Gasteiger partial charge in [-0.15, -0.1) is 10.2 Å². The van der Waals surface area contributed by atoms with Crippen molar-refractivity contribution in [2.45, 2.75) is 58.7 Å². The third-order valence-corrected chi connectivity index (χ3v) is 4.00. The van der Waals surface area contributed by atoms with Crippen molar-refractivity contribution in [3.63, 3.8) is 0 Å².